The van der Waals surface area contributed by atoms with Gasteiger partial charge in [-0.05, 0) is 41.1 Å². The van der Waals surface area contributed by atoms with Crippen molar-refractivity contribution in [3.05, 3.63) is 77.0 Å². The molecule has 4 rings (SSSR count). The highest BCUT2D eigenvalue weighted by molar-refractivity contribution is 6.06. The van der Waals surface area contributed by atoms with Crippen LogP contribution in [0.2, 0.25) is 0 Å². The van der Waals surface area contributed by atoms with E-state index in [1.54, 1.807) is 42.6 Å². The number of rotatable bonds is 1. The van der Waals surface area contributed by atoms with Crippen LogP contribution in [0.15, 0.2) is 70.2 Å². The first-order chi connectivity index (χ1) is 10.7. The maximum Gasteiger partial charge on any atom is 0.202 e. The number of nitrogens with zero attached hydrogens (tertiary/aromatic N) is 1. The molecule has 0 saturated heterocycles. The minimum absolute atomic E-state index is 0.212. The van der Waals surface area contributed by atoms with Gasteiger partial charge >= 0.3 is 0 Å². The van der Waals surface area contributed by atoms with Gasteiger partial charge in [0.15, 0.2) is 0 Å². The molecule has 22 heavy (non-hydrogen) atoms. The Morgan fingerprint density at radius 1 is 1.05 bits per heavy atom. The van der Waals surface area contributed by atoms with Crippen LogP contribution >= 0.6 is 0 Å². The Labute approximate surface area is 124 Å². The summed E-state index contributed by atoms with van der Waals surface area (Å²) >= 11 is 0. The number of pyridine rings is 1. The molecule has 2 aromatic heterocycles. The molecule has 0 N–H and O–H groups in total. The monoisotopic (exact) mass is 291 g/mol. The van der Waals surface area contributed by atoms with E-state index >= 15 is 0 Å². The van der Waals surface area contributed by atoms with E-state index in [1.165, 1.54) is 18.4 Å². The van der Waals surface area contributed by atoms with Crippen molar-refractivity contribution in [1.29, 1.82) is 0 Å². The number of fused-ring (bicyclic) bond motifs is 3. The van der Waals surface area contributed by atoms with Crippen molar-refractivity contribution in [2.75, 3.05) is 0 Å². The second kappa shape index (κ2) is 4.77. The Morgan fingerprint density at radius 3 is 2.73 bits per heavy atom. The average Bonchev–Trinajstić information content (AvgIpc) is 2.55. The molecule has 4 aromatic rings. The zero-order chi connectivity index (χ0) is 15.1. The highest BCUT2D eigenvalue weighted by Gasteiger charge is 2.13. The van der Waals surface area contributed by atoms with E-state index in [0.717, 1.165) is 5.39 Å². The third-order valence-corrected chi connectivity index (χ3v) is 3.66. The fourth-order valence-corrected chi connectivity index (χ4v) is 2.61. The first-order valence-electron chi connectivity index (χ1n) is 6.79. The first-order valence-corrected chi connectivity index (χ1v) is 6.79. The first kappa shape index (κ1) is 12.7. The van der Waals surface area contributed by atoms with Gasteiger partial charge in [-0.25, -0.2) is 4.39 Å². The second-order valence-corrected chi connectivity index (χ2v) is 5.00. The van der Waals surface area contributed by atoms with Gasteiger partial charge in [-0.1, -0.05) is 18.2 Å². The van der Waals surface area contributed by atoms with E-state index in [1.807, 2.05) is 0 Å². The summed E-state index contributed by atoms with van der Waals surface area (Å²) in [5.41, 5.74) is 1.12. The van der Waals surface area contributed by atoms with Crippen molar-refractivity contribution in [1.82, 2.24) is 4.98 Å². The molecule has 0 spiro atoms. The normalized spacial score (nSPS) is 11.1. The lowest BCUT2D eigenvalue weighted by Gasteiger charge is -2.05. The highest BCUT2D eigenvalue weighted by Crippen LogP contribution is 2.26. The molecular weight excluding hydrogens is 281 g/mol. The molecule has 3 nitrogen and oxygen atoms in total. The van der Waals surface area contributed by atoms with Crippen molar-refractivity contribution in [2.45, 2.75) is 0 Å². The molecule has 4 heteroatoms. The summed E-state index contributed by atoms with van der Waals surface area (Å²) < 4.78 is 19.1. The summed E-state index contributed by atoms with van der Waals surface area (Å²) in [6.45, 7) is 0. The van der Waals surface area contributed by atoms with Gasteiger partial charge in [-0.3, -0.25) is 9.78 Å². The molecule has 2 heterocycles. The van der Waals surface area contributed by atoms with E-state index in [4.69, 9.17) is 4.42 Å². The molecule has 0 atom stereocenters. The van der Waals surface area contributed by atoms with Gasteiger partial charge in [0.25, 0.3) is 0 Å². The van der Waals surface area contributed by atoms with Gasteiger partial charge in [0, 0.05) is 6.20 Å². The molecule has 0 unspecified atom stereocenters. The zero-order valence-electron chi connectivity index (χ0n) is 11.4. The summed E-state index contributed by atoms with van der Waals surface area (Å²) in [4.78, 5) is 17.0. The minimum Gasteiger partial charge on any atom is -0.463 e. The maximum absolute atomic E-state index is 13.6. The molecule has 0 radical (unpaired) electrons. The lowest BCUT2D eigenvalue weighted by molar-refractivity contribution is 0.604. The predicted octanol–water partition coefficient (Wildman–Crippen LogP) is 4.15. The summed E-state index contributed by atoms with van der Waals surface area (Å²) in [5, 5.41) is 1.71. The number of halogens is 1. The maximum atomic E-state index is 13.6. The number of aromatic nitrogens is 1. The fraction of sp³-hybridized carbons (Fsp3) is 0. The van der Waals surface area contributed by atoms with Gasteiger partial charge in [0.2, 0.25) is 5.43 Å². The van der Waals surface area contributed by atoms with Crippen LogP contribution in [0.4, 0.5) is 4.39 Å². The molecular formula is C18H10FNO2. The van der Waals surface area contributed by atoms with Crippen LogP contribution in [0.25, 0.3) is 33.0 Å². The Hall–Kier alpha value is -3.01. The molecule has 2 aromatic carbocycles. The van der Waals surface area contributed by atoms with E-state index < -0.39 is 0 Å². The Morgan fingerprint density at radius 2 is 1.91 bits per heavy atom. The van der Waals surface area contributed by atoms with Crippen molar-refractivity contribution in [2.24, 2.45) is 0 Å². The van der Waals surface area contributed by atoms with Crippen molar-refractivity contribution in [3.63, 3.8) is 0 Å². The SMILES string of the molecule is O=c1c(-c2ccccn2)coc2ccc3ccc(F)cc3c12. The van der Waals surface area contributed by atoms with Crippen LogP contribution in [0, 0.1) is 5.82 Å². The molecule has 0 saturated carbocycles. The summed E-state index contributed by atoms with van der Waals surface area (Å²) in [7, 11) is 0. The van der Waals surface area contributed by atoms with Crippen molar-refractivity contribution in [3.8, 4) is 11.3 Å². The molecule has 0 bridgehead atoms. The third-order valence-electron chi connectivity index (χ3n) is 3.66. The number of hydrogen-bond acceptors (Lipinski definition) is 3. The van der Waals surface area contributed by atoms with Crippen LogP contribution in [0.3, 0.4) is 0 Å². The van der Waals surface area contributed by atoms with E-state index in [9.17, 15) is 9.18 Å². The topological polar surface area (TPSA) is 43.1 Å². The summed E-state index contributed by atoms with van der Waals surface area (Å²) in [6.07, 6.45) is 3.01. The average molecular weight is 291 g/mol. The molecule has 0 aliphatic rings. The molecule has 0 aliphatic heterocycles. The van der Waals surface area contributed by atoms with E-state index in [2.05, 4.69) is 4.98 Å². The van der Waals surface area contributed by atoms with Gasteiger partial charge in [0.05, 0.1) is 16.6 Å². The Bertz CT molecular complexity index is 1060. The van der Waals surface area contributed by atoms with Crippen molar-refractivity contribution < 1.29 is 8.81 Å². The van der Waals surface area contributed by atoms with Crippen LogP contribution in [0.5, 0.6) is 0 Å². The van der Waals surface area contributed by atoms with Gasteiger partial charge in [-0.15, -0.1) is 0 Å². The van der Waals surface area contributed by atoms with Crippen LogP contribution in [-0.2, 0) is 0 Å². The molecule has 0 fully saturated rings. The summed E-state index contributed by atoms with van der Waals surface area (Å²) in [6, 6.07) is 13.2. The zero-order valence-corrected chi connectivity index (χ0v) is 11.4. The van der Waals surface area contributed by atoms with Gasteiger partial charge in [-0.2, -0.15) is 0 Å². The third kappa shape index (κ3) is 1.89. The van der Waals surface area contributed by atoms with Crippen LogP contribution in [0.1, 0.15) is 0 Å². The Balaban J connectivity index is 2.16. The van der Waals surface area contributed by atoms with E-state index in [0.29, 0.717) is 27.6 Å². The predicted molar refractivity (Wildman–Crippen MR) is 83.2 cm³/mol. The van der Waals surface area contributed by atoms with Crippen molar-refractivity contribution >= 4 is 21.7 Å². The lowest BCUT2D eigenvalue weighted by Crippen LogP contribution is -2.06. The lowest BCUT2D eigenvalue weighted by atomic mass is 10.0. The standard InChI is InChI=1S/C18H10FNO2/c19-12-6-4-11-5-7-16-17(13(11)9-12)18(21)14(10-22-16)15-3-1-2-8-20-15/h1-10H. The van der Waals surface area contributed by atoms with Gasteiger partial charge in [0.1, 0.15) is 17.7 Å². The molecule has 106 valence electrons. The number of hydrogen-bond donors (Lipinski definition) is 0. The number of benzene rings is 2. The molecule has 0 amide bonds. The minimum atomic E-state index is -0.386. The Kier molecular flexibility index (Phi) is 2.76. The smallest absolute Gasteiger partial charge is 0.202 e. The second-order valence-electron chi connectivity index (χ2n) is 5.00. The highest BCUT2D eigenvalue weighted by atomic mass is 19.1. The molecule has 0 aliphatic carbocycles. The van der Waals surface area contributed by atoms with Crippen LogP contribution in [-0.4, -0.2) is 4.98 Å². The fourth-order valence-electron chi connectivity index (χ4n) is 2.61. The van der Waals surface area contributed by atoms with Gasteiger partial charge < -0.3 is 4.42 Å². The largest absolute Gasteiger partial charge is 0.463 e. The van der Waals surface area contributed by atoms with E-state index in [-0.39, 0.29) is 11.2 Å². The summed E-state index contributed by atoms with van der Waals surface area (Å²) in [5.74, 6) is -0.386. The quantitative estimate of drug-likeness (QED) is 0.495. The van der Waals surface area contributed by atoms with Crippen LogP contribution < -0.4 is 5.43 Å².